The molecule has 17 heavy (non-hydrogen) atoms. The monoisotopic (exact) mass is 229 g/mol. The minimum absolute atomic E-state index is 0.644. The molecule has 0 aliphatic carbocycles. The first-order valence-corrected chi connectivity index (χ1v) is 6.36. The molecule has 0 spiro atoms. The molecule has 1 aliphatic rings. The highest BCUT2D eigenvalue weighted by Gasteiger charge is 2.11. The molecule has 90 valence electrons. The van der Waals surface area contributed by atoms with E-state index in [4.69, 9.17) is 5.26 Å². The smallest absolute Gasteiger partial charge is 0.101 e. The van der Waals surface area contributed by atoms with Crippen molar-refractivity contribution in [2.75, 3.05) is 18.4 Å². The van der Waals surface area contributed by atoms with Gasteiger partial charge in [-0.05, 0) is 37.9 Å². The molecular formula is C14H19N3. The van der Waals surface area contributed by atoms with Crippen molar-refractivity contribution in [3.8, 4) is 6.07 Å². The highest BCUT2D eigenvalue weighted by Crippen LogP contribution is 2.15. The van der Waals surface area contributed by atoms with Crippen molar-refractivity contribution in [3.63, 3.8) is 0 Å². The summed E-state index contributed by atoms with van der Waals surface area (Å²) in [6.45, 7) is 2.08. The molecule has 0 saturated carbocycles. The zero-order valence-corrected chi connectivity index (χ0v) is 10.1. The van der Waals surface area contributed by atoms with Crippen LogP contribution in [0, 0.1) is 11.3 Å². The van der Waals surface area contributed by atoms with E-state index in [0.29, 0.717) is 6.04 Å². The van der Waals surface area contributed by atoms with Crippen LogP contribution in [0.2, 0.25) is 0 Å². The Labute approximate surface area is 103 Å². The lowest BCUT2D eigenvalue weighted by Gasteiger charge is -2.23. The molecule has 0 amide bonds. The van der Waals surface area contributed by atoms with Crippen LogP contribution in [0.4, 0.5) is 5.69 Å². The summed E-state index contributed by atoms with van der Waals surface area (Å²) in [6, 6.07) is 10.5. The van der Waals surface area contributed by atoms with Crippen molar-refractivity contribution in [2.24, 2.45) is 0 Å². The maximum Gasteiger partial charge on any atom is 0.101 e. The molecular weight excluding hydrogens is 210 g/mol. The van der Waals surface area contributed by atoms with Crippen LogP contribution in [0.15, 0.2) is 24.3 Å². The highest BCUT2D eigenvalue weighted by molar-refractivity contribution is 5.56. The fraction of sp³-hybridized carbons (Fsp3) is 0.500. The number of nitrogens with zero attached hydrogens (tertiary/aromatic N) is 1. The Kier molecular flexibility index (Phi) is 4.40. The van der Waals surface area contributed by atoms with Gasteiger partial charge in [-0.1, -0.05) is 18.6 Å². The summed E-state index contributed by atoms with van der Waals surface area (Å²) in [7, 11) is 0. The molecule has 1 unspecified atom stereocenters. The fourth-order valence-corrected chi connectivity index (χ4v) is 2.29. The van der Waals surface area contributed by atoms with E-state index in [0.717, 1.165) is 30.8 Å². The second kappa shape index (κ2) is 6.27. The van der Waals surface area contributed by atoms with Gasteiger partial charge in [0.25, 0.3) is 0 Å². The van der Waals surface area contributed by atoms with E-state index in [1.165, 1.54) is 19.3 Å². The second-order valence-electron chi connectivity index (χ2n) is 4.52. The minimum atomic E-state index is 0.644. The molecule has 2 rings (SSSR count). The zero-order chi connectivity index (χ0) is 11.9. The lowest BCUT2D eigenvalue weighted by molar-refractivity contribution is 0.389. The van der Waals surface area contributed by atoms with Gasteiger partial charge in [0.15, 0.2) is 0 Å². The number of nitriles is 1. The molecule has 0 bridgehead atoms. The lowest BCUT2D eigenvalue weighted by Crippen LogP contribution is -2.35. The van der Waals surface area contributed by atoms with E-state index in [2.05, 4.69) is 16.7 Å². The molecule has 1 fully saturated rings. The van der Waals surface area contributed by atoms with Crippen molar-refractivity contribution in [1.29, 1.82) is 5.26 Å². The third-order valence-corrected chi connectivity index (χ3v) is 3.27. The number of anilines is 1. The van der Waals surface area contributed by atoms with E-state index in [1.54, 1.807) is 0 Å². The Hall–Kier alpha value is -1.53. The first-order chi connectivity index (χ1) is 8.40. The van der Waals surface area contributed by atoms with E-state index >= 15 is 0 Å². The highest BCUT2D eigenvalue weighted by atomic mass is 14.9. The summed E-state index contributed by atoms with van der Waals surface area (Å²) >= 11 is 0. The van der Waals surface area contributed by atoms with Gasteiger partial charge < -0.3 is 10.6 Å². The maximum atomic E-state index is 8.96. The predicted octanol–water partition coefficient (Wildman–Crippen LogP) is 2.50. The molecule has 1 aromatic rings. The van der Waals surface area contributed by atoms with E-state index in [-0.39, 0.29) is 0 Å². The Morgan fingerprint density at radius 3 is 3.00 bits per heavy atom. The topological polar surface area (TPSA) is 47.9 Å². The molecule has 1 saturated heterocycles. The van der Waals surface area contributed by atoms with Crippen LogP contribution in [0.25, 0.3) is 0 Å². The van der Waals surface area contributed by atoms with E-state index in [9.17, 15) is 0 Å². The predicted molar refractivity (Wildman–Crippen MR) is 69.9 cm³/mol. The summed E-state index contributed by atoms with van der Waals surface area (Å²) in [6.07, 6.45) is 5.05. The first kappa shape index (κ1) is 11.9. The van der Waals surface area contributed by atoms with Crippen molar-refractivity contribution in [3.05, 3.63) is 29.8 Å². The maximum absolute atomic E-state index is 8.96. The molecule has 1 heterocycles. The minimum Gasteiger partial charge on any atom is -0.384 e. The number of hydrogen-bond acceptors (Lipinski definition) is 3. The van der Waals surface area contributed by atoms with Crippen LogP contribution < -0.4 is 10.6 Å². The number of hydrogen-bond donors (Lipinski definition) is 2. The number of nitrogens with one attached hydrogen (secondary N) is 2. The SMILES string of the molecule is N#Cc1ccccc1NCCC1CCCCN1. The zero-order valence-electron chi connectivity index (χ0n) is 10.1. The summed E-state index contributed by atoms with van der Waals surface area (Å²) in [5, 5.41) is 15.8. The van der Waals surface area contributed by atoms with Crippen molar-refractivity contribution in [2.45, 2.75) is 31.7 Å². The number of benzene rings is 1. The average Bonchev–Trinajstić information content (AvgIpc) is 2.40. The third-order valence-electron chi connectivity index (χ3n) is 3.27. The Balaban J connectivity index is 1.79. The van der Waals surface area contributed by atoms with E-state index < -0.39 is 0 Å². The van der Waals surface area contributed by atoms with Crippen LogP contribution in [0.5, 0.6) is 0 Å². The Morgan fingerprint density at radius 1 is 1.35 bits per heavy atom. The van der Waals surface area contributed by atoms with Crippen LogP contribution in [0.1, 0.15) is 31.2 Å². The standard InChI is InChI=1S/C14H19N3/c15-11-12-5-1-2-7-14(12)17-10-8-13-6-3-4-9-16-13/h1-2,5,7,13,16-17H,3-4,6,8-10H2. The molecule has 3 nitrogen and oxygen atoms in total. The van der Waals surface area contributed by atoms with E-state index in [1.807, 2.05) is 24.3 Å². The normalized spacial score (nSPS) is 19.6. The summed E-state index contributed by atoms with van der Waals surface area (Å²) < 4.78 is 0. The third kappa shape index (κ3) is 3.47. The van der Waals surface area contributed by atoms with Crippen LogP contribution >= 0.6 is 0 Å². The van der Waals surface area contributed by atoms with Gasteiger partial charge in [-0.2, -0.15) is 5.26 Å². The van der Waals surface area contributed by atoms with Gasteiger partial charge in [-0.3, -0.25) is 0 Å². The van der Waals surface area contributed by atoms with Gasteiger partial charge >= 0.3 is 0 Å². The van der Waals surface area contributed by atoms with Crippen LogP contribution in [-0.2, 0) is 0 Å². The van der Waals surface area contributed by atoms with Crippen molar-refractivity contribution in [1.82, 2.24) is 5.32 Å². The largest absolute Gasteiger partial charge is 0.384 e. The fourth-order valence-electron chi connectivity index (χ4n) is 2.29. The van der Waals surface area contributed by atoms with Gasteiger partial charge in [0.05, 0.1) is 11.3 Å². The van der Waals surface area contributed by atoms with Gasteiger partial charge in [0.1, 0.15) is 6.07 Å². The molecule has 0 radical (unpaired) electrons. The van der Waals surface area contributed by atoms with Crippen LogP contribution in [-0.4, -0.2) is 19.1 Å². The molecule has 0 aromatic heterocycles. The molecule has 1 atom stereocenters. The van der Waals surface area contributed by atoms with Gasteiger partial charge in [-0.15, -0.1) is 0 Å². The molecule has 1 aromatic carbocycles. The van der Waals surface area contributed by atoms with Gasteiger partial charge in [-0.25, -0.2) is 0 Å². The molecule has 1 aliphatic heterocycles. The Bertz CT molecular complexity index is 389. The first-order valence-electron chi connectivity index (χ1n) is 6.36. The van der Waals surface area contributed by atoms with Crippen molar-refractivity contribution >= 4 is 5.69 Å². The quantitative estimate of drug-likeness (QED) is 0.834. The number of rotatable bonds is 4. The molecule has 2 N–H and O–H groups in total. The number of piperidine rings is 1. The van der Waals surface area contributed by atoms with Crippen LogP contribution in [0.3, 0.4) is 0 Å². The van der Waals surface area contributed by atoms with Gasteiger partial charge in [0.2, 0.25) is 0 Å². The summed E-state index contributed by atoms with van der Waals surface area (Å²) in [5.41, 5.74) is 1.68. The number of para-hydroxylation sites is 1. The summed E-state index contributed by atoms with van der Waals surface area (Å²) in [5.74, 6) is 0. The summed E-state index contributed by atoms with van der Waals surface area (Å²) in [4.78, 5) is 0. The van der Waals surface area contributed by atoms with Gasteiger partial charge in [0, 0.05) is 12.6 Å². The van der Waals surface area contributed by atoms with Crippen molar-refractivity contribution < 1.29 is 0 Å². The second-order valence-corrected chi connectivity index (χ2v) is 4.52. The Morgan fingerprint density at radius 2 is 2.24 bits per heavy atom. The average molecular weight is 229 g/mol. The lowest BCUT2D eigenvalue weighted by atomic mass is 10.0. The molecule has 3 heteroatoms.